The largest absolute Gasteiger partial charge is 0.484 e. The molecule has 2 aromatic rings. The molecule has 1 atom stereocenters. The third-order valence-electron chi connectivity index (χ3n) is 4.54. The lowest BCUT2D eigenvalue weighted by atomic mass is 10.1. The predicted octanol–water partition coefficient (Wildman–Crippen LogP) is 3.76. The molecule has 0 radical (unpaired) electrons. The van der Waals surface area contributed by atoms with Gasteiger partial charge in [-0.15, -0.1) is 0 Å². The van der Waals surface area contributed by atoms with Gasteiger partial charge in [-0.2, -0.15) is 0 Å². The average Bonchev–Trinajstić information content (AvgIpc) is 2.68. The van der Waals surface area contributed by atoms with Crippen molar-refractivity contribution in [1.29, 1.82) is 0 Å². The number of aryl methyl sites for hydroxylation is 2. The fourth-order valence-electron chi connectivity index (χ4n) is 3.01. The minimum absolute atomic E-state index is 0.185. The van der Waals surface area contributed by atoms with E-state index in [1.807, 2.05) is 39.0 Å². The first-order valence-corrected chi connectivity index (χ1v) is 9.83. The van der Waals surface area contributed by atoms with Gasteiger partial charge in [-0.3, -0.25) is 9.59 Å². The molecule has 156 valence electrons. The van der Waals surface area contributed by atoms with E-state index in [4.69, 9.17) is 4.74 Å². The first kappa shape index (κ1) is 22.4. The van der Waals surface area contributed by atoms with Crippen LogP contribution < -0.4 is 10.1 Å². The summed E-state index contributed by atoms with van der Waals surface area (Å²) in [5.41, 5.74) is 2.83. The molecule has 0 saturated carbocycles. The van der Waals surface area contributed by atoms with Gasteiger partial charge in [-0.25, -0.2) is 4.39 Å². The zero-order chi connectivity index (χ0) is 21.4. The van der Waals surface area contributed by atoms with Gasteiger partial charge in [0.1, 0.15) is 17.6 Å². The summed E-state index contributed by atoms with van der Waals surface area (Å²) in [7, 11) is 0. The molecule has 2 rings (SSSR count). The van der Waals surface area contributed by atoms with Crippen molar-refractivity contribution in [2.45, 2.75) is 46.7 Å². The number of hydrogen-bond donors (Lipinski definition) is 1. The van der Waals surface area contributed by atoms with Gasteiger partial charge < -0.3 is 15.0 Å². The monoisotopic (exact) mass is 400 g/mol. The first-order chi connectivity index (χ1) is 13.8. The van der Waals surface area contributed by atoms with Crippen LogP contribution in [0.2, 0.25) is 0 Å². The molecule has 2 aromatic carbocycles. The van der Waals surface area contributed by atoms with Gasteiger partial charge in [0, 0.05) is 13.1 Å². The van der Waals surface area contributed by atoms with E-state index in [1.54, 1.807) is 19.1 Å². The van der Waals surface area contributed by atoms with Crippen molar-refractivity contribution in [3.63, 3.8) is 0 Å². The second kappa shape index (κ2) is 10.6. The Kier molecular flexibility index (Phi) is 8.19. The highest BCUT2D eigenvalue weighted by Crippen LogP contribution is 2.17. The molecule has 0 bridgehead atoms. The molecule has 1 N–H and O–H groups in total. The highest BCUT2D eigenvalue weighted by Gasteiger charge is 2.26. The van der Waals surface area contributed by atoms with E-state index in [9.17, 15) is 14.0 Å². The lowest BCUT2D eigenvalue weighted by molar-refractivity contribution is -0.142. The number of ether oxygens (including phenoxy) is 1. The Labute approximate surface area is 171 Å². The highest BCUT2D eigenvalue weighted by atomic mass is 19.1. The van der Waals surface area contributed by atoms with Gasteiger partial charge in [0.2, 0.25) is 5.91 Å². The van der Waals surface area contributed by atoms with Crippen molar-refractivity contribution in [2.75, 3.05) is 13.2 Å². The van der Waals surface area contributed by atoms with Crippen LogP contribution in [0.1, 0.15) is 37.0 Å². The fraction of sp³-hybridized carbons (Fsp3) is 0.391. The van der Waals surface area contributed by atoms with E-state index in [0.717, 1.165) is 23.1 Å². The third kappa shape index (κ3) is 6.89. The topological polar surface area (TPSA) is 58.6 Å². The van der Waals surface area contributed by atoms with E-state index in [-0.39, 0.29) is 30.8 Å². The summed E-state index contributed by atoms with van der Waals surface area (Å²) in [6.45, 7) is 8.12. The minimum atomic E-state index is -0.679. The van der Waals surface area contributed by atoms with Gasteiger partial charge in [0.25, 0.3) is 5.91 Å². The zero-order valence-electron chi connectivity index (χ0n) is 17.5. The molecule has 5 nitrogen and oxygen atoms in total. The Morgan fingerprint density at radius 3 is 2.31 bits per heavy atom. The molecule has 0 saturated heterocycles. The maximum atomic E-state index is 13.2. The second-order valence-electron chi connectivity index (χ2n) is 7.23. The highest BCUT2D eigenvalue weighted by molar-refractivity contribution is 5.87. The fourth-order valence-corrected chi connectivity index (χ4v) is 3.01. The van der Waals surface area contributed by atoms with Gasteiger partial charge in [0.15, 0.2) is 6.61 Å². The van der Waals surface area contributed by atoms with Crippen molar-refractivity contribution in [3.05, 3.63) is 65.0 Å². The minimum Gasteiger partial charge on any atom is -0.484 e. The third-order valence-corrected chi connectivity index (χ3v) is 4.54. The summed E-state index contributed by atoms with van der Waals surface area (Å²) in [5.74, 6) is -0.277. The van der Waals surface area contributed by atoms with Crippen molar-refractivity contribution in [3.8, 4) is 5.75 Å². The Balaban J connectivity index is 2.14. The Morgan fingerprint density at radius 1 is 1.10 bits per heavy atom. The van der Waals surface area contributed by atoms with Gasteiger partial charge >= 0.3 is 0 Å². The molecule has 0 unspecified atom stereocenters. The molecule has 29 heavy (non-hydrogen) atoms. The van der Waals surface area contributed by atoms with Crippen LogP contribution in [0.3, 0.4) is 0 Å². The van der Waals surface area contributed by atoms with E-state index >= 15 is 0 Å². The normalized spacial score (nSPS) is 11.6. The molecule has 0 aliphatic rings. The molecule has 2 amide bonds. The first-order valence-electron chi connectivity index (χ1n) is 9.83. The standard InChI is InChI=1S/C23H29FN2O3/c1-5-10-25-23(28)18(4)26(14-19-6-8-20(24)9-7-19)22(27)15-29-21-12-16(2)11-17(3)13-21/h6-9,11-13,18H,5,10,14-15H2,1-4H3,(H,25,28)/t18-/m1/s1. The molecule has 0 heterocycles. The van der Waals surface area contributed by atoms with Crippen LogP contribution in [0.5, 0.6) is 5.75 Å². The number of rotatable bonds is 9. The van der Waals surface area contributed by atoms with Crippen molar-refractivity contribution in [2.24, 2.45) is 0 Å². The van der Waals surface area contributed by atoms with E-state index < -0.39 is 6.04 Å². The summed E-state index contributed by atoms with van der Waals surface area (Å²) in [6.07, 6.45) is 0.806. The van der Waals surface area contributed by atoms with Gasteiger partial charge in [0.05, 0.1) is 0 Å². The molecule has 0 spiro atoms. The lowest BCUT2D eigenvalue weighted by Crippen LogP contribution is -2.49. The Morgan fingerprint density at radius 2 is 1.72 bits per heavy atom. The second-order valence-corrected chi connectivity index (χ2v) is 7.23. The summed E-state index contributed by atoms with van der Waals surface area (Å²) < 4.78 is 18.9. The van der Waals surface area contributed by atoms with Crippen LogP contribution in [0.15, 0.2) is 42.5 Å². The zero-order valence-corrected chi connectivity index (χ0v) is 17.5. The number of carbonyl (C=O) groups excluding carboxylic acids is 2. The van der Waals surface area contributed by atoms with Crippen molar-refractivity contribution >= 4 is 11.8 Å². The Bertz CT molecular complexity index is 816. The summed E-state index contributed by atoms with van der Waals surface area (Å²) in [4.78, 5) is 26.8. The van der Waals surface area contributed by atoms with Crippen molar-refractivity contribution in [1.82, 2.24) is 10.2 Å². The van der Waals surface area contributed by atoms with Crippen LogP contribution in [-0.2, 0) is 16.1 Å². The molecule has 0 aromatic heterocycles. The van der Waals surface area contributed by atoms with E-state index in [2.05, 4.69) is 5.32 Å². The van der Waals surface area contributed by atoms with Crippen LogP contribution in [0, 0.1) is 19.7 Å². The van der Waals surface area contributed by atoms with E-state index in [1.165, 1.54) is 17.0 Å². The SMILES string of the molecule is CCCNC(=O)[C@@H](C)N(Cc1ccc(F)cc1)C(=O)COc1cc(C)cc(C)c1. The smallest absolute Gasteiger partial charge is 0.261 e. The van der Waals surface area contributed by atoms with Gasteiger partial charge in [-0.1, -0.05) is 25.1 Å². The quantitative estimate of drug-likeness (QED) is 0.697. The molecule has 6 heteroatoms. The maximum Gasteiger partial charge on any atom is 0.261 e. The maximum absolute atomic E-state index is 13.2. The molecule has 0 fully saturated rings. The average molecular weight is 400 g/mol. The van der Waals surface area contributed by atoms with E-state index in [0.29, 0.717) is 12.3 Å². The number of nitrogens with zero attached hydrogens (tertiary/aromatic N) is 1. The Hall–Kier alpha value is -2.89. The number of halogens is 1. The number of benzene rings is 2. The summed E-state index contributed by atoms with van der Waals surface area (Å²) >= 11 is 0. The number of nitrogens with one attached hydrogen (secondary N) is 1. The summed E-state index contributed by atoms with van der Waals surface area (Å²) in [5, 5.41) is 2.82. The van der Waals surface area contributed by atoms with Crippen LogP contribution in [-0.4, -0.2) is 35.9 Å². The number of amides is 2. The number of hydrogen-bond acceptors (Lipinski definition) is 3. The van der Waals surface area contributed by atoms with Crippen molar-refractivity contribution < 1.29 is 18.7 Å². The predicted molar refractivity (Wildman–Crippen MR) is 111 cm³/mol. The molecule has 0 aliphatic carbocycles. The summed E-state index contributed by atoms with van der Waals surface area (Å²) in [6, 6.07) is 11.0. The number of carbonyl (C=O) groups is 2. The van der Waals surface area contributed by atoms with Crippen LogP contribution in [0.25, 0.3) is 0 Å². The van der Waals surface area contributed by atoms with Gasteiger partial charge in [-0.05, 0) is 68.1 Å². The lowest BCUT2D eigenvalue weighted by Gasteiger charge is -2.28. The molecule has 0 aliphatic heterocycles. The van der Waals surface area contributed by atoms with Crippen LogP contribution >= 0.6 is 0 Å². The molecular weight excluding hydrogens is 371 g/mol. The van der Waals surface area contributed by atoms with Crippen LogP contribution in [0.4, 0.5) is 4.39 Å². The molecular formula is C23H29FN2O3.